The third-order valence-corrected chi connectivity index (χ3v) is 14.1. The third kappa shape index (κ3) is 4.28. The first-order valence-electron chi connectivity index (χ1n) is 20.0. The largest absolute Gasteiger partial charge is 0.309 e. The average molecular weight is 759 g/mol. The van der Waals surface area contributed by atoms with E-state index in [1.54, 1.807) is 0 Å². The van der Waals surface area contributed by atoms with E-state index in [1.165, 1.54) is 69.6 Å². The van der Waals surface area contributed by atoms with Crippen LogP contribution in [-0.2, 0) is 5.41 Å². The highest BCUT2D eigenvalue weighted by Crippen LogP contribution is 2.59. The Hall–Kier alpha value is -7.08. The molecule has 2 atom stereocenters. The van der Waals surface area contributed by atoms with Gasteiger partial charge in [-0.25, -0.2) is 9.97 Å². The number of para-hydroxylation sites is 2. The fourth-order valence-electron chi connectivity index (χ4n) is 10.2. The van der Waals surface area contributed by atoms with Crippen LogP contribution < -0.4 is 4.90 Å². The van der Waals surface area contributed by atoms with Crippen LogP contribution in [0.15, 0.2) is 193 Å². The zero-order valence-electron chi connectivity index (χ0n) is 31.6. The molecule has 0 spiro atoms. The monoisotopic (exact) mass is 758 g/mol. The van der Waals surface area contributed by atoms with Crippen molar-refractivity contribution in [1.29, 1.82) is 0 Å². The summed E-state index contributed by atoms with van der Waals surface area (Å²) in [5.41, 5.74) is 11.1. The standard InChI is InChI=1S/C53H34N4S/c1-53-42-21-8-4-13-32(42)25-28-49(53)57(52-54-44-22-9-5-18-39(44)50(55-52)40-20-12-19-38-37-17-7-11-24-48(37)58-51(38)40)46-27-26-35(31-43(46)53)56-45-23-10-6-16-36(45)41-29-33-14-2-3-15-34(33)30-47(41)56/h2-31,42H,1H3. The van der Waals surface area contributed by atoms with Gasteiger partial charge in [-0.15, -0.1) is 11.3 Å². The SMILES string of the molecule is CC12C(=CC=C3C=CC=CC31)N(c1nc(-c3cccc4c3sc3ccccc34)c3ccccc3n1)c1ccc(-n3c4ccccc4c4cc5ccccc5cc43)cc12. The average Bonchev–Trinajstić information content (AvgIpc) is 3.90. The summed E-state index contributed by atoms with van der Waals surface area (Å²) in [7, 11) is 0. The van der Waals surface area contributed by atoms with Crippen molar-refractivity contribution in [3.05, 3.63) is 199 Å². The van der Waals surface area contributed by atoms with Crippen molar-refractivity contribution in [1.82, 2.24) is 14.5 Å². The minimum absolute atomic E-state index is 0.144. The summed E-state index contributed by atoms with van der Waals surface area (Å²) in [6, 6.07) is 53.1. The molecule has 2 unspecified atom stereocenters. The lowest BCUT2D eigenvalue weighted by Gasteiger charge is -2.39. The number of nitrogens with zero attached hydrogens (tertiary/aromatic N) is 4. The van der Waals surface area contributed by atoms with E-state index in [0.29, 0.717) is 5.95 Å². The van der Waals surface area contributed by atoms with Gasteiger partial charge in [0.2, 0.25) is 5.95 Å². The van der Waals surface area contributed by atoms with E-state index in [-0.39, 0.29) is 11.3 Å². The summed E-state index contributed by atoms with van der Waals surface area (Å²) in [4.78, 5) is 13.3. The molecule has 10 aromatic rings. The first-order valence-corrected chi connectivity index (χ1v) is 20.8. The van der Waals surface area contributed by atoms with E-state index in [0.717, 1.165) is 33.5 Å². The maximum absolute atomic E-state index is 5.60. The third-order valence-electron chi connectivity index (χ3n) is 12.9. The number of allylic oxidation sites excluding steroid dienone is 8. The number of anilines is 2. The number of hydrogen-bond acceptors (Lipinski definition) is 4. The van der Waals surface area contributed by atoms with Crippen molar-refractivity contribution >= 4 is 86.6 Å². The molecule has 0 N–H and O–H groups in total. The van der Waals surface area contributed by atoms with Crippen molar-refractivity contribution in [2.75, 3.05) is 4.90 Å². The zero-order chi connectivity index (χ0) is 38.1. The Labute approximate surface area is 338 Å². The van der Waals surface area contributed by atoms with Crippen LogP contribution in [0.5, 0.6) is 0 Å². The van der Waals surface area contributed by atoms with Crippen LogP contribution in [0.4, 0.5) is 11.6 Å². The van der Waals surface area contributed by atoms with E-state index in [9.17, 15) is 0 Å². The molecular weight excluding hydrogens is 725 g/mol. The van der Waals surface area contributed by atoms with Crippen molar-refractivity contribution < 1.29 is 0 Å². The normalized spacial score (nSPS) is 18.4. The van der Waals surface area contributed by atoms with E-state index >= 15 is 0 Å². The Morgan fingerprint density at radius 1 is 0.621 bits per heavy atom. The quantitative estimate of drug-likeness (QED) is 0.180. The van der Waals surface area contributed by atoms with Gasteiger partial charge in [0.05, 0.1) is 27.9 Å². The topological polar surface area (TPSA) is 34.0 Å². The molecule has 3 aliphatic rings. The van der Waals surface area contributed by atoms with Crippen molar-refractivity contribution in [3.63, 3.8) is 0 Å². The molecule has 58 heavy (non-hydrogen) atoms. The van der Waals surface area contributed by atoms with Gasteiger partial charge in [-0.05, 0) is 83.4 Å². The van der Waals surface area contributed by atoms with Crippen LogP contribution in [0.2, 0.25) is 0 Å². The molecule has 7 aromatic carbocycles. The molecule has 0 bridgehead atoms. The van der Waals surface area contributed by atoms with E-state index in [4.69, 9.17) is 9.97 Å². The van der Waals surface area contributed by atoms with Crippen LogP contribution in [0, 0.1) is 5.92 Å². The minimum Gasteiger partial charge on any atom is -0.309 e. The Morgan fingerprint density at radius 2 is 1.40 bits per heavy atom. The smallest absolute Gasteiger partial charge is 0.235 e. The molecular formula is C53H34N4S. The maximum atomic E-state index is 5.60. The molecule has 0 saturated heterocycles. The summed E-state index contributed by atoms with van der Waals surface area (Å²) < 4.78 is 4.99. The molecule has 3 aromatic heterocycles. The maximum Gasteiger partial charge on any atom is 0.235 e. The predicted octanol–water partition coefficient (Wildman–Crippen LogP) is 13.9. The first-order chi connectivity index (χ1) is 28.6. The number of fused-ring (bicyclic) bond motifs is 13. The Morgan fingerprint density at radius 3 is 2.31 bits per heavy atom. The summed E-state index contributed by atoms with van der Waals surface area (Å²) in [5.74, 6) is 0.831. The number of benzene rings is 7. The Kier molecular flexibility index (Phi) is 6.48. The van der Waals surface area contributed by atoms with Gasteiger partial charge in [-0.3, -0.25) is 4.90 Å². The van der Waals surface area contributed by atoms with Crippen molar-refractivity contribution in [2.24, 2.45) is 5.92 Å². The summed E-state index contributed by atoms with van der Waals surface area (Å²) in [5, 5.41) is 8.60. The van der Waals surface area contributed by atoms with Crippen LogP contribution in [0.1, 0.15) is 12.5 Å². The first kappa shape index (κ1) is 32.1. The highest BCUT2D eigenvalue weighted by Gasteiger charge is 2.51. The second-order valence-electron chi connectivity index (χ2n) is 15.9. The highest BCUT2D eigenvalue weighted by atomic mass is 32.1. The van der Waals surface area contributed by atoms with Gasteiger partial charge in [-0.2, -0.15) is 0 Å². The summed E-state index contributed by atoms with van der Waals surface area (Å²) in [6.45, 7) is 2.42. The molecule has 5 heteroatoms. The van der Waals surface area contributed by atoms with Gasteiger partial charge >= 0.3 is 0 Å². The fourth-order valence-corrected chi connectivity index (χ4v) is 11.4. The van der Waals surface area contributed by atoms with Crippen molar-refractivity contribution in [2.45, 2.75) is 12.3 Å². The predicted molar refractivity (Wildman–Crippen MR) is 244 cm³/mol. The number of aromatic nitrogens is 3. The Bertz CT molecular complexity index is 3560. The zero-order valence-corrected chi connectivity index (χ0v) is 32.4. The highest BCUT2D eigenvalue weighted by molar-refractivity contribution is 7.26. The molecule has 4 heterocycles. The lowest BCUT2D eigenvalue weighted by molar-refractivity contribution is 0.465. The second-order valence-corrected chi connectivity index (χ2v) is 17.0. The molecule has 2 aliphatic carbocycles. The lowest BCUT2D eigenvalue weighted by atomic mass is 9.65. The molecule has 13 rings (SSSR count). The summed E-state index contributed by atoms with van der Waals surface area (Å²) in [6.07, 6.45) is 13.6. The van der Waals surface area contributed by atoms with Gasteiger partial charge in [0.15, 0.2) is 0 Å². The van der Waals surface area contributed by atoms with Crippen LogP contribution in [-0.4, -0.2) is 14.5 Å². The van der Waals surface area contributed by atoms with Gasteiger partial charge in [0.1, 0.15) is 0 Å². The molecule has 0 fully saturated rings. The molecule has 1 aliphatic heterocycles. The van der Waals surface area contributed by atoms with Crippen molar-refractivity contribution in [3.8, 4) is 16.9 Å². The fraction of sp³-hybridized carbons (Fsp3) is 0.0566. The van der Waals surface area contributed by atoms with Crippen LogP contribution >= 0.6 is 11.3 Å². The van der Waals surface area contributed by atoms with Gasteiger partial charge < -0.3 is 4.57 Å². The summed E-state index contributed by atoms with van der Waals surface area (Å²) >= 11 is 1.84. The molecule has 4 nitrogen and oxygen atoms in total. The number of thiophene rings is 1. The number of hydrogen-bond donors (Lipinski definition) is 0. The van der Waals surface area contributed by atoms with Crippen LogP contribution in [0.3, 0.4) is 0 Å². The van der Waals surface area contributed by atoms with E-state index in [1.807, 2.05) is 11.3 Å². The number of rotatable bonds is 3. The Balaban J connectivity index is 1.07. The van der Waals surface area contributed by atoms with Crippen LogP contribution in [0.25, 0.3) is 80.6 Å². The molecule has 0 radical (unpaired) electrons. The van der Waals surface area contributed by atoms with E-state index in [2.05, 4.69) is 198 Å². The minimum atomic E-state index is -0.386. The van der Waals surface area contributed by atoms with Gasteiger partial charge in [0.25, 0.3) is 0 Å². The molecule has 0 amide bonds. The van der Waals surface area contributed by atoms with E-state index < -0.39 is 0 Å². The molecule has 0 saturated carbocycles. The van der Waals surface area contributed by atoms with Gasteiger partial charge in [0, 0.05) is 64.6 Å². The molecule has 272 valence electrons. The lowest BCUT2D eigenvalue weighted by Crippen LogP contribution is -2.37. The van der Waals surface area contributed by atoms with Gasteiger partial charge in [-0.1, -0.05) is 127 Å². The second kappa shape index (κ2) is 11.7.